The number of hydrogen-bond donors (Lipinski definition) is 1. The number of hydrogen-bond acceptors (Lipinski definition) is 1. The van der Waals surface area contributed by atoms with Crippen molar-refractivity contribution < 1.29 is 13.2 Å². The topological polar surface area (TPSA) is 12.0 Å². The Labute approximate surface area is 92.7 Å². The second kappa shape index (κ2) is 4.87. The quantitative estimate of drug-likeness (QED) is 0.821. The predicted octanol–water partition coefficient (Wildman–Crippen LogP) is 3.13. The number of nitrogens with one attached hydrogen (secondary N) is 1. The molecule has 1 aliphatic heterocycles. The minimum atomic E-state index is -2.26. The highest BCUT2D eigenvalue weighted by atomic mass is 19.3. The van der Waals surface area contributed by atoms with Crippen molar-refractivity contribution in [2.75, 3.05) is 6.54 Å². The first-order valence-electron chi connectivity index (χ1n) is 5.44. The molecule has 0 saturated carbocycles. The van der Waals surface area contributed by atoms with Gasteiger partial charge in [0.2, 0.25) is 6.43 Å². The van der Waals surface area contributed by atoms with Gasteiger partial charge in [0, 0.05) is 12.0 Å². The molecule has 1 N–H and O–H groups in total. The fraction of sp³-hybridized carbons (Fsp3) is 0.500. The highest BCUT2D eigenvalue weighted by Crippen LogP contribution is 2.30. The normalized spacial score (nSPS) is 26.0. The Morgan fingerprint density at radius 2 is 1.88 bits per heavy atom. The van der Waals surface area contributed by atoms with Crippen LogP contribution in [0, 0.1) is 11.7 Å². The lowest BCUT2D eigenvalue weighted by atomic mass is 9.89. The molecule has 0 bridgehead atoms. The van der Waals surface area contributed by atoms with Crippen LogP contribution in [0.5, 0.6) is 0 Å². The number of rotatable bonds is 2. The van der Waals surface area contributed by atoms with Crippen LogP contribution in [0.25, 0.3) is 0 Å². The van der Waals surface area contributed by atoms with Gasteiger partial charge < -0.3 is 5.32 Å². The van der Waals surface area contributed by atoms with Gasteiger partial charge in [0.15, 0.2) is 0 Å². The summed E-state index contributed by atoms with van der Waals surface area (Å²) in [7, 11) is 0. The molecular formula is C12H14F3N. The predicted molar refractivity (Wildman–Crippen MR) is 55.9 cm³/mol. The maximum Gasteiger partial charge on any atom is 0.241 e. The van der Waals surface area contributed by atoms with Crippen molar-refractivity contribution in [3.05, 3.63) is 35.6 Å². The molecule has 0 aromatic heterocycles. The van der Waals surface area contributed by atoms with E-state index < -0.39 is 12.3 Å². The van der Waals surface area contributed by atoms with Gasteiger partial charge in [0.05, 0.1) is 0 Å². The van der Waals surface area contributed by atoms with Crippen LogP contribution in [-0.2, 0) is 0 Å². The minimum Gasteiger partial charge on any atom is -0.310 e. The second-order valence-corrected chi connectivity index (χ2v) is 4.18. The van der Waals surface area contributed by atoms with E-state index in [1.54, 1.807) is 12.1 Å². The van der Waals surface area contributed by atoms with Gasteiger partial charge in [-0.15, -0.1) is 0 Å². The zero-order valence-corrected chi connectivity index (χ0v) is 8.80. The van der Waals surface area contributed by atoms with Crippen LogP contribution in [0.15, 0.2) is 24.3 Å². The van der Waals surface area contributed by atoms with Crippen molar-refractivity contribution >= 4 is 0 Å². The number of halogens is 3. The van der Waals surface area contributed by atoms with E-state index in [9.17, 15) is 13.2 Å². The van der Waals surface area contributed by atoms with E-state index in [2.05, 4.69) is 5.32 Å². The molecule has 0 aliphatic carbocycles. The summed E-state index contributed by atoms with van der Waals surface area (Å²) < 4.78 is 37.9. The third-order valence-electron chi connectivity index (χ3n) is 3.07. The maximum absolute atomic E-state index is 12.7. The molecule has 4 heteroatoms. The SMILES string of the molecule is Fc1ccc(C2CC(C(F)F)CCN2)cc1. The lowest BCUT2D eigenvalue weighted by Crippen LogP contribution is -2.34. The third-order valence-corrected chi connectivity index (χ3v) is 3.07. The number of piperidine rings is 1. The Bertz CT molecular complexity index is 337. The van der Waals surface area contributed by atoms with Crippen LogP contribution < -0.4 is 5.32 Å². The molecule has 1 fully saturated rings. The first kappa shape index (κ1) is 11.5. The average molecular weight is 229 g/mol. The summed E-state index contributed by atoms with van der Waals surface area (Å²) >= 11 is 0. The molecule has 1 heterocycles. The Hall–Kier alpha value is -1.03. The van der Waals surface area contributed by atoms with Crippen molar-refractivity contribution in [1.29, 1.82) is 0 Å². The van der Waals surface area contributed by atoms with Crippen molar-refractivity contribution in [3.8, 4) is 0 Å². The van der Waals surface area contributed by atoms with Crippen molar-refractivity contribution in [3.63, 3.8) is 0 Å². The molecule has 16 heavy (non-hydrogen) atoms. The van der Waals surface area contributed by atoms with Crippen LogP contribution in [0.2, 0.25) is 0 Å². The molecule has 1 aromatic rings. The molecule has 0 amide bonds. The van der Waals surface area contributed by atoms with E-state index >= 15 is 0 Å². The Balaban J connectivity index is 2.06. The van der Waals surface area contributed by atoms with Crippen LogP contribution in [0.1, 0.15) is 24.4 Å². The molecule has 2 unspecified atom stereocenters. The zero-order chi connectivity index (χ0) is 11.5. The highest BCUT2D eigenvalue weighted by molar-refractivity contribution is 5.20. The molecule has 2 atom stereocenters. The minimum absolute atomic E-state index is 0.0756. The van der Waals surface area contributed by atoms with E-state index in [-0.39, 0.29) is 11.9 Å². The fourth-order valence-corrected chi connectivity index (χ4v) is 2.12. The van der Waals surface area contributed by atoms with Crippen LogP contribution in [0.4, 0.5) is 13.2 Å². The van der Waals surface area contributed by atoms with E-state index in [4.69, 9.17) is 0 Å². The monoisotopic (exact) mass is 229 g/mol. The third kappa shape index (κ3) is 2.55. The molecule has 88 valence electrons. The Kier molecular flexibility index (Phi) is 3.49. The second-order valence-electron chi connectivity index (χ2n) is 4.18. The van der Waals surface area contributed by atoms with Gasteiger partial charge in [-0.05, 0) is 37.1 Å². The molecule has 1 aromatic carbocycles. The molecule has 2 rings (SSSR count). The molecule has 1 aliphatic rings. The number of alkyl halides is 2. The van der Waals surface area contributed by atoms with Gasteiger partial charge in [-0.25, -0.2) is 13.2 Å². The molecule has 1 nitrogen and oxygen atoms in total. The van der Waals surface area contributed by atoms with Gasteiger partial charge >= 0.3 is 0 Å². The summed E-state index contributed by atoms with van der Waals surface area (Å²) in [6.45, 7) is 0.594. The van der Waals surface area contributed by atoms with Gasteiger partial charge in [0.25, 0.3) is 0 Å². The lowest BCUT2D eigenvalue weighted by Gasteiger charge is -2.30. The fourth-order valence-electron chi connectivity index (χ4n) is 2.12. The highest BCUT2D eigenvalue weighted by Gasteiger charge is 2.28. The van der Waals surface area contributed by atoms with Gasteiger partial charge in [-0.3, -0.25) is 0 Å². The van der Waals surface area contributed by atoms with Crippen molar-refractivity contribution in [2.24, 2.45) is 5.92 Å². The lowest BCUT2D eigenvalue weighted by molar-refractivity contribution is 0.0500. The van der Waals surface area contributed by atoms with E-state index in [1.165, 1.54) is 12.1 Å². The van der Waals surface area contributed by atoms with Crippen molar-refractivity contribution in [1.82, 2.24) is 5.32 Å². The van der Waals surface area contributed by atoms with Crippen molar-refractivity contribution in [2.45, 2.75) is 25.3 Å². The molecule has 0 spiro atoms. The van der Waals surface area contributed by atoms with Gasteiger partial charge in [-0.1, -0.05) is 12.1 Å². The smallest absolute Gasteiger partial charge is 0.241 e. The van der Waals surface area contributed by atoms with Crippen LogP contribution >= 0.6 is 0 Å². The van der Waals surface area contributed by atoms with E-state index in [0.29, 0.717) is 19.4 Å². The van der Waals surface area contributed by atoms with Gasteiger partial charge in [-0.2, -0.15) is 0 Å². The Morgan fingerprint density at radius 3 is 2.50 bits per heavy atom. The van der Waals surface area contributed by atoms with E-state index in [0.717, 1.165) is 5.56 Å². The standard InChI is InChI=1S/C12H14F3N/c13-10-3-1-8(2-4-10)11-7-9(12(14)15)5-6-16-11/h1-4,9,11-12,16H,5-7H2. The van der Waals surface area contributed by atoms with E-state index in [1.807, 2.05) is 0 Å². The Morgan fingerprint density at radius 1 is 1.19 bits per heavy atom. The summed E-state index contributed by atoms with van der Waals surface area (Å²) in [6, 6.07) is 5.96. The average Bonchev–Trinajstić information content (AvgIpc) is 2.30. The summed E-state index contributed by atoms with van der Waals surface area (Å²) in [5.41, 5.74) is 0.881. The molecule has 1 saturated heterocycles. The molecular weight excluding hydrogens is 215 g/mol. The zero-order valence-electron chi connectivity index (χ0n) is 8.80. The van der Waals surface area contributed by atoms with Crippen LogP contribution in [0.3, 0.4) is 0 Å². The van der Waals surface area contributed by atoms with Crippen LogP contribution in [-0.4, -0.2) is 13.0 Å². The summed E-state index contributed by atoms with van der Waals surface area (Å²) in [6.07, 6.45) is -1.33. The number of benzene rings is 1. The summed E-state index contributed by atoms with van der Waals surface area (Å²) in [4.78, 5) is 0. The first-order valence-corrected chi connectivity index (χ1v) is 5.44. The first-order chi connectivity index (χ1) is 7.66. The summed E-state index contributed by atoms with van der Waals surface area (Å²) in [5.74, 6) is -0.846. The maximum atomic E-state index is 12.7. The molecule has 0 radical (unpaired) electrons. The largest absolute Gasteiger partial charge is 0.310 e. The van der Waals surface area contributed by atoms with Gasteiger partial charge in [0.1, 0.15) is 5.82 Å². The summed E-state index contributed by atoms with van der Waals surface area (Å²) in [5, 5.41) is 3.18.